The van der Waals surface area contributed by atoms with Gasteiger partial charge in [-0.15, -0.1) is 0 Å². The minimum Gasteiger partial charge on any atom is -0.445 e. The molecule has 0 radical (unpaired) electrons. The van der Waals surface area contributed by atoms with Crippen LogP contribution in [0, 0.1) is 0 Å². The molecule has 0 aliphatic carbocycles. The normalized spacial score (nSPS) is 19.0. The average Bonchev–Trinajstić information content (AvgIpc) is 2.46. The number of nitrogens with zero attached hydrogens (tertiary/aromatic N) is 1. The average molecular weight is 261 g/mol. The number of hydrogen-bond acceptors (Lipinski definition) is 3. The van der Waals surface area contributed by atoms with Gasteiger partial charge < -0.3 is 4.74 Å². The SMILES string of the molecule is CC(=O)[C@@H]1CCCCN1C(=O)OCc1ccccc1. The van der Waals surface area contributed by atoms with Crippen molar-refractivity contribution in [2.24, 2.45) is 0 Å². The van der Waals surface area contributed by atoms with E-state index in [0.717, 1.165) is 24.8 Å². The second-order valence-electron chi connectivity index (χ2n) is 4.86. The molecule has 1 aromatic carbocycles. The predicted molar refractivity (Wildman–Crippen MR) is 71.7 cm³/mol. The Labute approximate surface area is 113 Å². The van der Waals surface area contributed by atoms with E-state index >= 15 is 0 Å². The number of amides is 1. The van der Waals surface area contributed by atoms with Gasteiger partial charge in [-0.25, -0.2) is 4.79 Å². The fourth-order valence-corrected chi connectivity index (χ4v) is 2.37. The van der Waals surface area contributed by atoms with Crippen LogP contribution in [0.2, 0.25) is 0 Å². The molecule has 1 amide bonds. The van der Waals surface area contributed by atoms with Gasteiger partial charge in [-0.2, -0.15) is 0 Å². The summed E-state index contributed by atoms with van der Waals surface area (Å²) >= 11 is 0. The van der Waals surface area contributed by atoms with Gasteiger partial charge in [0.1, 0.15) is 6.61 Å². The van der Waals surface area contributed by atoms with Crippen LogP contribution in [0.4, 0.5) is 4.79 Å². The lowest BCUT2D eigenvalue weighted by atomic mass is 10.00. The topological polar surface area (TPSA) is 46.6 Å². The van der Waals surface area contributed by atoms with Crippen molar-refractivity contribution in [3.8, 4) is 0 Å². The van der Waals surface area contributed by atoms with E-state index in [0.29, 0.717) is 6.54 Å². The number of benzene rings is 1. The summed E-state index contributed by atoms with van der Waals surface area (Å²) in [5, 5.41) is 0. The smallest absolute Gasteiger partial charge is 0.410 e. The van der Waals surface area contributed by atoms with E-state index in [-0.39, 0.29) is 24.5 Å². The molecule has 0 unspecified atom stereocenters. The van der Waals surface area contributed by atoms with Crippen molar-refractivity contribution in [3.05, 3.63) is 35.9 Å². The number of ether oxygens (including phenoxy) is 1. The molecule has 102 valence electrons. The van der Waals surface area contributed by atoms with Crippen molar-refractivity contribution >= 4 is 11.9 Å². The quantitative estimate of drug-likeness (QED) is 0.840. The third-order valence-electron chi connectivity index (χ3n) is 3.41. The summed E-state index contributed by atoms with van der Waals surface area (Å²) in [6.07, 6.45) is 2.29. The molecule has 1 aromatic rings. The third kappa shape index (κ3) is 3.56. The van der Waals surface area contributed by atoms with E-state index in [1.165, 1.54) is 6.92 Å². The van der Waals surface area contributed by atoms with Crippen LogP contribution in [-0.2, 0) is 16.1 Å². The molecule has 0 spiro atoms. The molecule has 1 saturated heterocycles. The second kappa shape index (κ2) is 6.36. The lowest BCUT2D eigenvalue weighted by Gasteiger charge is -2.33. The fraction of sp³-hybridized carbons (Fsp3) is 0.467. The molecule has 0 bridgehead atoms. The molecular formula is C15H19NO3. The summed E-state index contributed by atoms with van der Waals surface area (Å²) in [7, 11) is 0. The van der Waals surface area contributed by atoms with Crippen LogP contribution < -0.4 is 0 Å². The molecule has 1 aliphatic rings. The highest BCUT2D eigenvalue weighted by Gasteiger charge is 2.30. The number of ketones is 1. The summed E-state index contributed by atoms with van der Waals surface area (Å²) in [6, 6.07) is 9.24. The Morgan fingerprint density at radius 3 is 2.68 bits per heavy atom. The maximum absolute atomic E-state index is 12.0. The molecular weight excluding hydrogens is 242 g/mol. The van der Waals surface area contributed by atoms with E-state index in [1.807, 2.05) is 30.3 Å². The summed E-state index contributed by atoms with van der Waals surface area (Å²) in [5.74, 6) is 0.0383. The lowest BCUT2D eigenvalue weighted by Crippen LogP contribution is -2.47. The molecule has 1 atom stereocenters. The molecule has 4 nitrogen and oxygen atoms in total. The molecule has 19 heavy (non-hydrogen) atoms. The van der Waals surface area contributed by atoms with Gasteiger partial charge in [-0.05, 0) is 31.7 Å². The van der Waals surface area contributed by atoms with E-state index in [9.17, 15) is 9.59 Å². The van der Waals surface area contributed by atoms with E-state index in [4.69, 9.17) is 4.74 Å². The third-order valence-corrected chi connectivity index (χ3v) is 3.41. The number of likely N-dealkylation sites (tertiary alicyclic amines) is 1. The number of carbonyl (C=O) groups excluding carboxylic acids is 2. The maximum Gasteiger partial charge on any atom is 0.410 e. The zero-order valence-electron chi connectivity index (χ0n) is 11.2. The highest BCUT2D eigenvalue weighted by atomic mass is 16.6. The number of piperidine rings is 1. The Kier molecular flexibility index (Phi) is 4.55. The number of Topliss-reactive ketones (excluding diaryl/α,β-unsaturated/α-hetero) is 1. The molecule has 0 aromatic heterocycles. The first-order valence-corrected chi connectivity index (χ1v) is 6.66. The van der Waals surface area contributed by atoms with Crippen molar-refractivity contribution in [2.45, 2.75) is 38.8 Å². The predicted octanol–water partition coefficient (Wildman–Crippen LogP) is 2.77. The molecule has 1 fully saturated rings. The van der Waals surface area contributed by atoms with Crippen molar-refractivity contribution in [1.82, 2.24) is 4.90 Å². The first-order valence-electron chi connectivity index (χ1n) is 6.66. The number of carbonyl (C=O) groups is 2. The largest absolute Gasteiger partial charge is 0.445 e. The molecule has 0 saturated carbocycles. The van der Waals surface area contributed by atoms with Gasteiger partial charge in [0.25, 0.3) is 0 Å². The molecule has 4 heteroatoms. The first-order chi connectivity index (χ1) is 9.18. The Morgan fingerprint density at radius 1 is 1.26 bits per heavy atom. The van der Waals surface area contributed by atoms with Gasteiger partial charge in [0, 0.05) is 6.54 Å². The number of rotatable bonds is 3. The van der Waals surface area contributed by atoms with E-state index in [1.54, 1.807) is 4.90 Å². The standard InChI is InChI=1S/C15H19NO3/c1-12(17)14-9-5-6-10-16(14)15(18)19-11-13-7-3-2-4-8-13/h2-4,7-8,14H,5-6,9-11H2,1H3/t14-/m0/s1. The zero-order chi connectivity index (χ0) is 13.7. The van der Waals surface area contributed by atoms with Crippen LogP contribution in [0.15, 0.2) is 30.3 Å². The zero-order valence-corrected chi connectivity index (χ0v) is 11.2. The van der Waals surface area contributed by atoms with Gasteiger partial charge in [-0.1, -0.05) is 30.3 Å². The molecule has 1 aliphatic heterocycles. The fourth-order valence-electron chi connectivity index (χ4n) is 2.37. The highest BCUT2D eigenvalue weighted by Crippen LogP contribution is 2.19. The van der Waals surface area contributed by atoms with Crippen molar-refractivity contribution < 1.29 is 14.3 Å². The Morgan fingerprint density at radius 2 is 2.00 bits per heavy atom. The minimum absolute atomic E-state index is 0.0383. The second-order valence-corrected chi connectivity index (χ2v) is 4.86. The van der Waals surface area contributed by atoms with Gasteiger partial charge in [0.2, 0.25) is 0 Å². The van der Waals surface area contributed by atoms with Gasteiger partial charge >= 0.3 is 6.09 Å². The monoisotopic (exact) mass is 261 g/mol. The van der Waals surface area contributed by atoms with Crippen molar-refractivity contribution in [2.75, 3.05) is 6.54 Å². The van der Waals surface area contributed by atoms with Gasteiger partial charge in [-0.3, -0.25) is 9.69 Å². The summed E-state index contributed by atoms with van der Waals surface area (Å²) in [5.41, 5.74) is 0.951. The summed E-state index contributed by atoms with van der Waals surface area (Å²) in [4.78, 5) is 25.1. The molecule has 0 N–H and O–H groups in total. The Hall–Kier alpha value is -1.84. The Bertz CT molecular complexity index is 444. The van der Waals surface area contributed by atoms with Crippen molar-refractivity contribution in [3.63, 3.8) is 0 Å². The molecule has 1 heterocycles. The maximum atomic E-state index is 12.0. The van der Waals surface area contributed by atoms with Crippen LogP contribution in [-0.4, -0.2) is 29.4 Å². The minimum atomic E-state index is -0.385. The lowest BCUT2D eigenvalue weighted by molar-refractivity contribution is -0.122. The highest BCUT2D eigenvalue weighted by molar-refractivity contribution is 5.85. The number of hydrogen-bond donors (Lipinski definition) is 0. The molecule has 2 rings (SSSR count). The summed E-state index contributed by atoms with van der Waals surface area (Å²) in [6.45, 7) is 2.39. The van der Waals surface area contributed by atoms with Crippen LogP contribution in [0.1, 0.15) is 31.7 Å². The van der Waals surface area contributed by atoms with Crippen molar-refractivity contribution in [1.29, 1.82) is 0 Å². The first kappa shape index (κ1) is 13.6. The van der Waals surface area contributed by atoms with Gasteiger partial charge in [0.15, 0.2) is 5.78 Å². The summed E-state index contributed by atoms with van der Waals surface area (Å²) < 4.78 is 5.28. The van der Waals surface area contributed by atoms with E-state index < -0.39 is 0 Å². The van der Waals surface area contributed by atoms with Crippen LogP contribution in [0.25, 0.3) is 0 Å². The van der Waals surface area contributed by atoms with Gasteiger partial charge in [0.05, 0.1) is 6.04 Å². The van der Waals surface area contributed by atoms with Crippen LogP contribution in [0.5, 0.6) is 0 Å². The van der Waals surface area contributed by atoms with Crippen LogP contribution in [0.3, 0.4) is 0 Å². The van der Waals surface area contributed by atoms with Crippen LogP contribution >= 0.6 is 0 Å². The van der Waals surface area contributed by atoms with E-state index in [2.05, 4.69) is 0 Å². The Balaban J connectivity index is 1.93.